The summed E-state index contributed by atoms with van der Waals surface area (Å²) in [5, 5.41) is 0. The van der Waals surface area contributed by atoms with E-state index < -0.39 is 0 Å². The minimum Gasteiger partial charge on any atom is -0.372 e. The van der Waals surface area contributed by atoms with Crippen molar-refractivity contribution in [2.24, 2.45) is 5.73 Å². The van der Waals surface area contributed by atoms with Crippen molar-refractivity contribution < 1.29 is 4.74 Å². The molecule has 0 amide bonds. The number of benzene rings is 2. The van der Waals surface area contributed by atoms with Crippen molar-refractivity contribution in [1.82, 2.24) is 0 Å². The van der Waals surface area contributed by atoms with Crippen molar-refractivity contribution in [3.8, 4) is 11.1 Å². The van der Waals surface area contributed by atoms with Gasteiger partial charge < -0.3 is 10.5 Å². The summed E-state index contributed by atoms with van der Waals surface area (Å²) in [5.41, 5.74) is 13.4. The van der Waals surface area contributed by atoms with Crippen molar-refractivity contribution in [3.63, 3.8) is 0 Å². The summed E-state index contributed by atoms with van der Waals surface area (Å²) in [6, 6.07) is 13.0. The first-order valence-electron chi connectivity index (χ1n) is 6.27. The molecule has 3 rings (SSSR count). The number of aryl methyl sites for hydroxylation is 1. The number of fused-ring (bicyclic) bond motifs is 1. The second-order valence-electron chi connectivity index (χ2n) is 4.84. The number of hydrogen-bond donors (Lipinski definition) is 1. The summed E-state index contributed by atoms with van der Waals surface area (Å²) < 4.78 is 5.46. The molecule has 18 heavy (non-hydrogen) atoms. The lowest BCUT2D eigenvalue weighted by atomic mass is 9.95. The van der Waals surface area contributed by atoms with Crippen LogP contribution in [0.15, 0.2) is 36.4 Å². The molecule has 2 aromatic rings. The Balaban J connectivity index is 2.12. The SMILES string of the molecule is Cc1ccc(CN)c(-c2ccc3c(c2)COC3)c1. The number of ether oxygens (including phenoxy) is 1. The summed E-state index contributed by atoms with van der Waals surface area (Å²) in [5.74, 6) is 0. The lowest BCUT2D eigenvalue weighted by Gasteiger charge is -2.10. The highest BCUT2D eigenvalue weighted by atomic mass is 16.5. The molecular formula is C16H17NO. The number of rotatable bonds is 2. The first-order valence-corrected chi connectivity index (χ1v) is 6.27. The maximum atomic E-state index is 5.83. The molecule has 1 aliphatic heterocycles. The van der Waals surface area contributed by atoms with Crippen LogP contribution in [0.3, 0.4) is 0 Å². The van der Waals surface area contributed by atoms with Crippen molar-refractivity contribution in [1.29, 1.82) is 0 Å². The zero-order valence-electron chi connectivity index (χ0n) is 10.6. The van der Waals surface area contributed by atoms with E-state index in [1.54, 1.807) is 0 Å². The second kappa shape index (κ2) is 4.56. The van der Waals surface area contributed by atoms with Gasteiger partial charge in [0.05, 0.1) is 13.2 Å². The van der Waals surface area contributed by atoms with Gasteiger partial charge in [-0.25, -0.2) is 0 Å². The van der Waals surface area contributed by atoms with E-state index >= 15 is 0 Å². The van der Waals surface area contributed by atoms with E-state index in [2.05, 4.69) is 43.3 Å². The third-order valence-electron chi connectivity index (χ3n) is 3.52. The highest BCUT2D eigenvalue weighted by Crippen LogP contribution is 2.29. The molecule has 0 bridgehead atoms. The zero-order chi connectivity index (χ0) is 12.5. The fourth-order valence-electron chi connectivity index (χ4n) is 2.48. The molecule has 0 aromatic heterocycles. The fraction of sp³-hybridized carbons (Fsp3) is 0.250. The van der Waals surface area contributed by atoms with Gasteiger partial charge in [0.25, 0.3) is 0 Å². The molecule has 0 unspecified atom stereocenters. The molecule has 1 aliphatic rings. The molecule has 2 nitrogen and oxygen atoms in total. The molecule has 0 atom stereocenters. The van der Waals surface area contributed by atoms with Crippen molar-refractivity contribution >= 4 is 0 Å². The van der Waals surface area contributed by atoms with E-state index in [-0.39, 0.29) is 0 Å². The largest absolute Gasteiger partial charge is 0.372 e. The van der Waals surface area contributed by atoms with Crippen molar-refractivity contribution in [2.75, 3.05) is 0 Å². The van der Waals surface area contributed by atoms with Crippen LogP contribution in [0.5, 0.6) is 0 Å². The normalized spacial score (nSPS) is 13.7. The van der Waals surface area contributed by atoms with E-state index in [0.29, 0.717) is 6.54 Å². The molecule has 2 N–H and O–H groups in total. The molecule has 92 valence electrons. The third-order valence-corrected chi connectivity index (χ3v) is 3.52. The van der Waals surface area contributed by atoms with Gasteiger partial charge in [-0.15, -0.1) is 0 Å². The Morgan fingerprint density at radius 1 is 1.06 bits per heavy atom. The third kappa shape index (κ3) is 1.94. The van der Waals surface area contributed by atoms with Gasteiger partial charge in [-0.1, -0.05) is 35.9 Å². The van der Waals surface area contributed by atoms with E-state index in [1.807, 2.05) is 0 Å². The van der Waals surface area contributed by atoms with Crippen LogP contribution >= 0.6 is 0 Å². The first-order chi connectivity index (χ1) is 8.78. The van der Waals surface area contributed by atoms with Gasteiger partial charge >= 0.3 is 0 Å². The van der Waals surface area contributed by atoms with Gasteiger partial charge in [-0.3, -0.25) is 0 Å². The minimum absolute atomic E-state index is 0.573. The predicted molar refractivity (Wildman–Crippen MR) is 73.0 cm³/mol. The van der Waals surface area contributed by atoms with Gasteiger partial charge in [-0.05, 0) is 40.8 Å². The molecule has 0 fully saturated rings. The summed E-state index contributed by atoms with van der Waals surface area (Å²) in [6.45, 7) is 4.16. The van der Waals surface area contributed by atoms with Crippen LogP contribution in [-0.4, -0.2) is 0 Å². The highest BCUT2D eigenvalue weighted by Gasteiger charge is 2.13. The Hall–Kier alpha value is -1.64. The highest BCUT2D eigenvalue weighted by molar-refractivity contribution is 5.69. The Labute approximate surface area is 107 Å². The average Bonchev–Trinajstić information content (AvgIpc) is 2.85. The van der Waals surface area contributed by atoms with Crippen molar-refractivity contribution in [2.45, 2.75) is 26.7 Å². The van der Waals surface area contributed by atoms with Gasteiger partial charge in [0.15, 0.2) is 0 Å². The fourth-order valence-corrected chi connectivity index (χ4v) is 2.48. The van der Waals surface area contributed by atoms with Crippen LogP contribution in [0.4, 0.5) is 0 Å². The Morgan fingerprint density at radius 2 is 1.89 bits per heavy atom. The maximum absolute atomic E-state index is 5.83. The Bertz CT molecular complexity index is 590. The topological polar surface area (TPSA) is 35.2 Å². The summed E-state index contributed by atoms with van der Waals surface area (Å²) >= 11 is 0. The van der Waals surface area contributed by atoms with Crippen LogP contribution < -0.4 is 5.73 Å². The average molecular weight is 239 g/mol. The van der Waals surface area contributed by atoms with Gasteiger partial charge in [0.2, 0.25) is 0 Å². The predicted octanol–water partition coefficient (Wildman–Crippen LogP) is 3.15. The first kappa shape index (κ1) is 11.5. The maximum Gasteiger partial charge on any atom is 0.0725 e. The zero-order valence-corrected chi connectivity index (χ0v) is 10.6. The van der Waals surface area contributed by atoms with E-state index in [1.165, 1.54) is 33.4 Å². The molecule has 0 saturated heterocycles. The minimum atomic E-state index is 0.573. The van der Waals surface area contributed by atoms with Crippen LogP contribution in [0.1, 0.15) is 22.3 Å². The molecule has 2 aromatic carbocycles. The van der Waals surface area contributed by atoms with Crippen LogP contribution in [0.25, 0.3) is 11.1 Å². The summed E-state index contributed by atoms with van der Waals surface area (Å²) in [4.78, 5) is 0. The van der Waals surface area contributed by atoms with Gasteiger partial charge in [0, 0.05) is 6.54 Å². The number of hydrogen-bond acceptors (Lipinski definition) is 2. The lowest BCUT2D eigenvalue weighted by molar-refractivity contribution is 0.134. The molecule has 0 spiro atoms. The van der Waals surface area contributed by atoms with Crippen molar-refractivity contribution in [3.05, 3.63) is 58.7 Å². The monoisotopic (exact) mass is 239 g/mol. The molecule has 2 heteroatoms. The summed E-state index contributed by atoms with van der Waals surface area (Å²) in [6.07, 6.45) is 0. The van der Waals surface area contributed by atoms with Crippen LogP contribution in [0.2, 0.25) is 0 Å². The molecular weight excluding hydrogens is 222 g/mol. The van der Waals surface area contributed by atoms with Gasteiger partial charge in [0.1, 0.15) is 0 Å². The van der Waals surface area contributed by atoms with Gasteiger partial charge in [-0.2, -0.15) is 0 Å². The Kier molecular flexibility index (Phi) is 2.90. The Morgan fingerprint density at radius 3 is 2.72 bits per heavy atom. The quantitative estimate of drug-likeness (QED) is 0.873. The standard InChI is InChI=1S/C16H17NO/c1-11-2-3-13(8-17)16(6-11)12-4-5-14-9-18-10-15(14)7-12/h2-7H,8-10,17H2,1H3. The smallest absolute Gasteiger partial charge is 0.0725 e. The van der Waals surface area contributed by atoms with E-state index in [4.69, 9.17) is 10.5 Å². The summed E-state index contributed by atoms with van der Waals surface area (Å²) in [7, 11) is 0. The molecule has 0 aliphatic carbocycles. The number of nitrogens with two attached hydrogens (primary N) is 1. The van der Waals surface area contributed by atoms with Crippen LogP contribution in [-0.2, 0) is 24.5 Å². The van der Waals surface area contributed by atoms with E-state index in [0.717, 1.165) is 13.2 Å². The van der Waals surface area contributed by atoms with Crippen LogP contribution in [0, 0.1) is 6.92 Å². The molecule has 0 saturated carbocycles. The lowest BCUT2D eigenvalue weighted by Crippen LogP contribution is -1.99. The molecule has 1 heterocycles. The van der Waals surface area contributed by atoms with E-state index in [9.17, 15) is 0 Å². The molecule has 0 radical (unpaired) electrons. The second-order valence-corrected chi connectivity index (χ2v) is 4.84.